The number of benzene rings is 1. The molecule has 4 heteroatoms. The smallest absolute Gasteiger partial charge is 0.329 e. The van der Waals surface area contributed by atoms with Gasteiger partial charge >= 0.3 is 5.97 Å². The van der Waals surface area contributed by atoms with Crippen LogP contribution in [0.25, 0.3) is 0 Å². The fourth-order valence-electron chi connectivity index (χ4n) is 3.64. The molecule has 1 heterocycles. The Labute approximate surface area is 125 Å². The van der Waals surface area contributed by atoms with Gasteiger partial charge in [-0.25, -0.2) is 4.79 Å². The summed E-state index contributed by atoms with van der Waals surface area (Å²) in [4.78, 5) is 13.1. The molecule has 0 bridgehead atoms. The number of carboxylic acids is 1. The first-order valence-corrected chi connectivity index (χ1v) is 7.75. The van der Waals surface area contributed by atoms with Gasteiger partial charge < -0.3 is 9.84 Å². The highest BCUT2D eigenvalue weighted by atomic mass is 16.5. The van der Waals surface area contributed by atoms with Crippen molar-refractivity contribution in [2.75, 3.05) is 19.7 Å². The molecule has 3 rings (SSSR count). The molecule has 0 radical (unpaired) electrons. The van der Waals surface area contributed by atoms with Gasteiger partial charge in [0.15, 0.2) is 0 Å². The third kappa shape index (κ3) is 3.11. The molecule has 1 saturated heterocycles. The van der Waals surface area contributed by atoms with Crippen molar-refractivity contribution in [3.05, 3.63) is 35.4 Å². The zero-order valence-electron chi connectivity index (χ0n) is 12.5. The molecule has 1 fully saturated rings. The second kappa shape index (κ2) is 5.78. The number of aryl methyl sites for hydroxylation is 1. The number of hydrogen-bond acceptors (Lipinski definition) is 3. The van der Waals surface area contributed by atoms with Crippen molar-refractivity contribution >= 4 is 5.97 Å². The van der Waals surface area contributed by atoms with Crippen molar-refractivity contribution < 1.29 is 14.6 Å². The summed E-state index contributed by atoms with van der Waals surface area (Å²) in [6.07, 6.45) is 4.87. The van der Waals surface area contributed by atoms with Gasteiger partial charge in [-0.2, -0.15) is 0 Å². The zero-order valence-corrected chi connectivity index (χ0v) is 12.5. The predicted octanol–water partition coefficient (Wildman–Crippen LogP) is 2.63. The summed E-state index contributed by atoms with van der Waals surface area (Å²) in [7, 11) is 0. The minimum Gasteiger partial charge on any atom is -0.480 e. The van der Waals surface area contributed by atoms with Gasteiger partial charge in [-0.05, 0) is 37.3 Å². The maximum Gasteiger partial charge on any atom is 0.329 e. The summed E-state index contributed by atoms with van der Waals surface area (Å²) in [5, 5.41) is 8.74. The molecule has 1 aliphatic carbocycles. The quantitative estimate of drug-likeness (QED) is 0.866. The van der Waals surface area contributed by atoms with E-state index in [1.54, 1.807) is 0 Å². The summed E-state index contributed by atoms with van der Waals surface area (Å²) in [6, 6.07) is 9.20. The maximum atomic E-state index is 10.6. The van der Waals surface area contributed by atoms with Gasteiger partial charge in [0, 0.05) is 19.1 Å². The number of likely N-dealkylation sites (tertiary alicyclic amines) is 1. The van der Waals surface area contributed by atoms with Gasteiger partial charge in [-0.3, -0.25) is 4.90 Å². The monoisotopic (exact) mass is 289 g/mol. The van der Waals surface area contributed by atoms with Gasteiger partial charge in [0.1, 0.15) is 6.61 Å². The molecule has 0 saturated carbocycles. The lowest BCUT2D eigenvalue weighted by atomic mass is 9.89. The van der Waals surface area contributed by atoms with Crippen LogP contribution in [-0.2, 0) is 16.0 Å². The van der Waals surface area contributed by atoms with Crippen LogP contribution in [0.3, 0.4) is 0 Å². The van der Waals surface area contributed by atoms with Crippen LogP contribution in [0.2, 0.25) is 0 Å². The van der Waals surface area contributed by atoms with Crippen molar-refractivity contribution in [3.63, 3.8) is 0 Å². The third-order valence-corrected chi connectivity index (χ3v) is 4.65. The maximum absolute atomic E-state index is 10.6. The van der Waals surface area contributed by atoms with Gasteiger partial charge in [-0.15, -0.1) is 0 Å². The van der Waals surface area contributed by atoms with E-state index in [4.69, 9.17) is 9.84 Å². The van der Waals surface area contributed by atoms with E-state index in [-0.39, 0.29) is 12.2 Å². The van der Waals surface area contributed by atoms with Crippen LogP contribution >= 0.6 is 0 Å². The Bertz CT molecular complexity index is 523. The minimum absolute atomic E-state index is 0.203. The molecule has 0 amide bonds. The van der Waals surface area contributed by atoms with Crippen molar-refractivity contribution in [2.45, 2.75) is 44.2 Å². The highest BCUT2D eigenvalue weighted by Crippen LogP contribution is 2.39. The number of ether oxygens (including phenoxy) is 1. The molecule has 0 aromatic heterocycles. The van der Waals surface area contributed by atoms with Crippen LogP contribution in [0, 0.1) is 0 Å². The van der Waals surface area contributed by atoms with Crippen LogP contribution in [0.4, 0.5) is 0 Å². The van der Waals surface area contributed by atoms with E-state index in [1.807, 2.05) is 6.92 Å². The van der Waals surface area contributed by atoms with Gasteiger partial charge in [0.25, 0.3) is 0 Å². The molecule has 1 atom stereocenters. The fraction of sp³-hybridized carbons (Fsp3) is 0.588. The highest BCUT2D eigenvalue weighted by molar-refractivity contribution is 5.68. The second-order valence-electron chi connectivity index (χ2n) is 6.50. The Balaban J connectivity index is 1.68. The van der Waals surface area contributed by atoms with Gasteiger partial charge in [0.05, 0.1) is 5.60 Å². The Morgan fingerprint density at radius 1 is 1.38 bits per heavy atom. The molecular weight excluding hydrogens is 266 g/mol. The molecule has 2 aliphatic rings. The lowest BCUT2D eigenvalue weighted by Gasteiger charge is -2.51. The van der Waals surface area contributed by atoms with E-state index in [1.165, 1.54) is 36.8 Å². The molecule has 4 nitrogen and oxygen atoms in total. The first kappa shape index (κ1) is 14.5. The topological polar surface area (TPSA) is 49.8 Å². The molecule has 1 aromatic carbocycles. The first-order valence-electron chi connectivity index (χ1n) is 7.75. The summed E-state index contributed by atoms with van der Waals surface area (Å²) < 4.78 is 5.53. The number of hydrogen-bond donors (Lipinski definition) is 1. The molecule has 1 aromatic rings. The number of nitrogens with zero attached hydrogens (tertiary/aromatic N) is 1. The van der Waals surface area contributed by atoms with Crippen molar-refractivity contribution in [1.29, 1.82) is 0 Å². The third-order valence-electron chi connectivity index (χ3n) is 4.65. The van der Waals surface area contributed by atoms with Crippen LogP contribution in [-0.4, -0.2) is 41.3 Å². The zero-order chi connectivity index (χ0) is 14.9. The highest BCUT2D eigenvalue weighted by Gasteiger charge is 2.44. The van der Waals surface area contributed by atoms with Crippen molar-refractivity contribution in [2.24, 2.45) is 0 Å². The van der Waals surface area contributed by atoms with E-state index >= 15 is 0 Å². The normalized spacial score (nSPS) is 24.7. The molecule has 21 heavy (non-hydrogen) atoms. The number of rotatable bonds is 4. The lowest BCUT2D eigenvalue weighted by molar-refractivity contribution is -0.170. The van der Waals surface area contributed by atoms with E-state index in [0.29, 0.717) is 6.04 Å². The Morgan fingerprint density at radius 2 is 2.14 bits per heavy atom. The Kier molecular flexibility index (Phi) is 4.00. The van der Waals surface area contributed by atoms with Crippen LogP contribution in [0.5, 0.6) is 0 Å². The van der Waals surface area contributed by atoms with Gasteiger partial charge in [-0.1, -0.05) is 30.7 Å². The van der Waals surface area contributed by atoms with Gasteiger partial charge in [0.2, 0.25) is 0 Å². The number of fused-ring (bicyclic) bond motifs is 1. The average Bonchev–Trinajstić information content (AvgIpc) is 2.64. The number of aliphatic carboxylic acids is 1. The van der Waals surface area contributed by atoms with E-state index in [9.17, 15) is 4.79 Å². The summed E-state index contributed by atoms with van der Waals surface area (Å²) in [5.41, 5.74) is 2.62. The summed E-state index contributed by atoms with van der Waals surface area (Å²) >= 11 is 0. The summed E-state index contributed by atoms with van der Waals surface area (Å²) in [5.74, 6) is -0.894. The van der Waals surface area contributed by atoms with E-state index < -0.39 is 5.97 Å². The molecule has 1 unspecified atom stereocenters. The van der Waals surface area contributed by atoms with Crippen LogP contribution < -0.4 is 0 Å². The molecule has 0 spiro atoms. The molecule has 1 aliphatic heterocycles. The standard InChI is InChI=1S/C17H23NO3/c1-17(21-10-16(19)20)11-18(12-17)15-9-5-3-7-13-6-2-4-8-14(13)15/h2,4,6,8,15H,3,5,7,9-12H2,1H3,(H,19,20). The first-order chi connectivity index (χ1) is 10.1. The fourth-order valence-corrected chi connectivity index (χ4v) is 3.64. The molecular formula is C17H23NO3. The SMILES string of the molecule is CC1(OCC(=O)O)CN(C2CCCCc3ccccc32)C1. The average molecular weight is 289 g/mol. The van der Waals surface area contributed by atoms with Crippen LogP contribution in [0.15, 0.2) is 24.3 Å². The van der Waals surface area contributed by atoms with Crippen molar-refractivity contribution in [1.82, 2.24) is 4.90 Å². The second-order valence-corrected chi connectivity index (χ2v) is 6.50. The van der Waals surface area contributed by atoms with E-state index in [0.717, 1.165) is 13.1 Å². The molecule has 1 N–H and O–H groups in total. The Morgan fingerprint density at radius 3 is 2.90 bits per heavy atom. The summed E-state index contributed by atoms with van der Waals surface area (Å²) in [6.45, 7) is 3.44. The van der Waals surface area contributed by atoms with Crippen molar-refractivity contribution in [3.8, 4) is 0 Å². The van der Waals surface area contributed by atoms with Crippen LogP contribution in [0.1, 0.15) is 43.4 Å². The predicted molar refractivity (Wildman–Crippen MR) is 80.3 cm³/mol. The van der Waals surface area contributed by atoms with E-state index in [2.05, 4.69) is 29.2 Å². The largest absolute Gasteiger partial charge is 0.480 e. The molecule has 114 valence electrons. The number of carboxylic acid groups (broad SMARTS) is 1. The number of carbonyl (C=O) groups is 1. The lowest BCUT2D eigenvalue weighted by Crippen LogP contribution is -2.62. The minimum atomic E-state index is -0.894. The Hall–Kier alpha value is -1.39.